The zero-order valence-corrected chi connectivity index (χ0v) is 13.7. The van der Waals surface area contributed by atoms with E-state index in [1.807, 2.05) is 0 Å². The third kappa shape index (κ3) is 4.72. The fourth-order valence-corrected chi connectivity index (χ4v) is 2.03. The number of anilines is 3. The Morgan fingerprint density at radius 3 is 2.58 bits per heavy atom. The number of hydrogen-bond donors (Lipinski definition) is 3. The molecule has 2 aromatic rings. The number of rotatable bonds is 5. The van der Waals surface area contributed by atoms with Gasteiger partial charge in [0.2, 0.25) is 5.95 Å². The summed E-state index contributed by atoms with van der Waals surface area (Å²) in [4.78, 5) is 7.46. The Kier molecular flexibility index (Phi) is 5.51. The summed E-state index contributed by atoms with van der Waals surface area (Å²) in [6.45, 7) is 3.12. The summed E-state index contributed by atoms with van der Waals surface area (Å²) in [5.41, 5.74) is 0.243. The first-order valence-electron chi connectivity index (χ1n) is 7.06. The average Bonchev–Trinajstić information content (AvgIpc) is 2.49. The topological polar surface area (TPSA) is 70.1 Å². The first-order chi connectivity index (χ1) is 11.2. The lowest BCUT2D eigenvalue weighted by Crippen LogP contribution is -2.22. The van der Waals surface area contributed by atoms with E-state index < -0.39 is 17.9 Å². The predicted octanol–water partition coefficient (Wildman–Crippen LogP) is 3.99. The number of aryl methyl sites for hydroxylation is 1. The van der Waals surface area contributed by atoms with E-state index in [0.717, 1.165) is 11.6 Å². The second kappa shape index (κ2) is 7.23. The van der Waals surface area contributed by atoms with Crippen molar-refractivity contribution in [2.24, 2.45) is 0 Å². The van der Waals surface area contributed by atoms with Crippen molar-refractivity contribution in [3.8, 4) is 0 Å². The smallest absolute Gasteiger partial charge is 0.394 e. The molecular weight excluding hydrogens is 345 g/mol. The van der Waals surface area contributed by atoms with Crippen LogP contribution in [-0.4, -0.2) is 27.7 Å². The van der Waals surface area contributed by atoms with Crippen LogP contribution < -0.4 is 10.6 Å². The molecule has 0 saturated heterocycles. The number of aliphatic hydroxyl groups is 1. The molecule has 1 aromatic carbocycles. The number of nitrogens with one attached hydrogen (secondary N) is 2. The standard InChI is InChI=1S/C15H16ClF3N4O/c1-8-3-4-10(16)5-11(8)21-13-6-12(15(17,18)19)22-14(23-13)20-9(2)7-24/h3-6,9,24H,7H2,1-2H3,(H2,20,21,22,23)/t9-/m1/s1. The Hall–Kier alpha value is -2.06. The van der Waals surface area contributed by atoms with Crippen LogP contribution in [0.5, 0.6) is 0 Å². The molecule has 2 rings (SSSR count). The van der Waals surface area contributed by atoms with Crippen molar-refractivity contribution in [3.63, 3.8) is 0 Å². The maximum atomic E-state index is 13.0. The van der Waals surface area contributed by atoms with Gasteiger partial charge in [0.25, 0.3) is 0 Å². The van der Waals surface area contributed by atoms with Crippen LogP contribution in [-0.2, 0) is 6.18 Å². The SMILES string of the molecule is Cc1ccc(Cl)cc1Nc1cc(C(F)(F)F)nc(N[C@H](C)CO)n1. The van der Waals surface area contributed by atoms with Crippen molar-refractivity contribution in [1.29, 1.82) is 0 Å². The summed E-state index contributed by atoms with van der Waals surface area (Å²) in [6.07, 6.45) is -4.62. The molecule has 0 saturated carbocycles. The average molecular weight is 361 g/mol. The molecule has 0 aliphatic rings. The van der Waals surface area contributed by atoms with Crippen LogP contribution in [0.2, 0.25) is 5.02 Å². The first kappa shape index (κ1) is 18.3. The van der Waals surface area contributed by atoms with E-state index in [1.54, 1.807) is 32.0 Å². The maximum absolute atomic E-state index is 13.0. The molecule has 0 radical (unpaired) electrons. The minimum Gasteiger partial charge on any atom is -0.394 e. The minimum atomic E-state index is -4.62. The summed E-state index contributed by atoms with van der Waals surface area (Å²) in [7, 11) is 0. The Balaban J connectivity index is 2.40. The van der Waals surface area contributed by atoms with Gasteiger partial charge in [-0.3, -0.25) is 0 Å². The molecule has 1 atom stereocenters. The third-order valence-electron chi connectivity index (χ3n) is 3.13. The first-order valence-corrected chi connectivity index (χ1v) is 7.43. The van der Waals surface area contributed by atoms with Crippen molar-refractivity contribution in [2.45, 2.75) is 26.1 Å². The molecule has 0 spiro atoms. The summed E-state index contributed by atoms with van der Waals surface area (Å²) in [5, 5.41) is 14.9. The van der Waals surface area contributed by atoms with E-state index in [4.69, 9.17) is 16.7 Å². The molecular formula is C15H16ClF3N4O. The highest BCUT2D eigenvalue weighted by Gasteiger charge is 2.34. The molecule has 130 valence electrons. The second-order valence-electron chi connectivity index (χ2n) is 5.27. The quantitative estimate of drug-likeness (QED) is 0.752. The molecule has 0 unspecified atom stereocenters. The number of aliphatic hydroxyl groups excluding tert-OH is 1. The van der Waals surface area contributed by atoms with Crippen LogP contribution in [0.25, 0.3) is 0 Å². The van der Waals surface area contributed by atoms with Crippen molar-refractivity contribution >= 4 is 29.1 Å². The highest BCUT2D eigenvalue weighted by atomic mass is 35.5. The summed E-state index contributed by atoms with van der Waals surface area (Å²) >= 11 is 5.91. The summed E-state index contributed by atoms with van der Waals surface area (Å²) in [5.74, 6) is -0.260. The van der Waals surface area contributed by atoms with Gasteiger partial charge in [0, 0.05) is 22.8 Å². The number of alkyl halides is 3. The normalized spacial score (nSPS) is 12.8. The van der Waals surface area contributed by atoms with Crippen LogP contribution >= 0.6 is 11.6 Å². The number of benzene rings is 1. The van der Waals surface area contributed by atoms with Crippen molar-refractivity contribution in [1.82, 2.24) is 9.97 Å². The van der Waals surface area contributed by atoms with Crippen molar-refractivity contribution in [3.05, 3.63) is 40.5 Å². The molecule has 0 bridgehead atoms. The number of nitrogens with zero attached hydrogens (tertiary/aromatic N) is 2. The van der Waals surface area contributed by atoms with Gasteiger partial charge in [0.15, 0.2) is 5.69 Å². The number of hydrogen-bond acceptors (Lipinski definition) is 5. The van der Waals surface area contributed by atoms with Crippen molar-refractivity contribution < 1.29 is 18.3 Å². The van der Waals surface area contributed by atoms with Gasteiger partial charge in [0.1, 0.15) is 5.82 Å². The van der Waals surface area contributed by atoms with Crippen LogP contribution in [0.3, 0.4) is 0 Å². The minimum absolute atomic E-state index is 0.0321. The lowest BCUT2D eigenvalue weighted by Gasteiger charge is -2.16. The lowest BCUT2D eigenvalue weighted by molar-refractivity contribution is -0.141. The van der Waals surface area contributed by atoms with Gasteiger partial charge in [-0.05, 0) is 31.5 Å². The van der Waals surface area contributed by atoms with E-state index in [9.17, 15) is 13.2 Å². The summed E-state index contributed by atoms with van der Waals surface area (Å²) < 4.78 is 39.1. The molecule has 0 aliphatic carbocycles. The van der Waals surface area contributed by atoms with E-state index in [-0.39, 0.29) is 18.4 Å². The molecule has 24 heavy (non-hydrogen) atoms. The Morgan fingerprint density at radius 1 is 1.25 bits per heavy atom. The van der Waals surface area contributed by atoms with E-state index in [0.29, 0.717) is 10.7 Å². The van der Waals surface area contributed by atoms with Crippen LogP contribution in [0.15, 0.2) is 24.3 Å². The van der Waals surface area contributed by atoms with E-state index in [2.05, 4.69) is 20.6 Å². The van der Waals surface area contributed by atoms with Gasteiger partial charge in [-0.25, -0.2) is 4.98 Å². The van der Waals surface area contributed by atoms with Crippen LogP contribution in [0, 0.1) is 6.92 Å². The Labute approximate surface area is 141 Å². The molecule has 0 fully saturated rings. The Morgan fingerprint density at radius 2 is 1.96 bits per heavy atom. The fourth-order valence-electron chi connectivity index (χ4n) is 1.85. The second-order valence-corrected chi connectivity index (χ2v) is 5.71. The van der Waals surface area contributed by atoms with Crippen molar-refractivity contribution in [2.75, 3.05) is 17.2 Å². The maximum Gasteiger partial charge on any atom is 0.433 e. The van der Waals surface area contributed by atoms with Gasteiger partial charge in [-0.15, -0.1) is 0 Å². The van der Waals surface area contributed by atoms with Gasteiger partial charge in [-0.2, -0.15) is 18.2 Å². The van der Waals surface area contributed by atoms with Gasteiger partial charge in [-0.1, -0.05) is 17.7 Å². The van der Waals surface area contributed by atoms with E-state index >= 15 is 0 Å². The molecule has 1 aromatic heterocycles. The molecule has 5 nitrogen and oxygen atoms in total. The molecule has 1 heterocycles. The summed E-state index contributed by atoms with van der Waals surface area (Å²) in [6, 6.07) is 5.34. The molecule has 0 amide bonds. The molecule has 0 aliphatic heterocycles. The third-order valence-corrected chi connectivity index (χ3v) is 3.36. The molecule has 3 N–H and O–H groups in total. The zero-order chi connectivity index (χ0) is 17.9. The fraction of sp³-hybridized carbons (Fsp3) is 0.333. The van der Waals surface area contributed by atoms with Crippen LogP contribution in [0.1, 0.15) is 18.2 Å². The number of halogens is 4. The molecule has 9 heteroatoms. The Bertz CT molecular complexity index is 724. The highest BCUT2D eigenvalue weighted by molar-refractivity contribution is 6.30. The van der Waals surface area contributed by atoms with Gasteiger partial charge in [0.05, 0.1) is 6.61 Å². The highest BCUT2D eigenvalue weighted by Crippen LogP contribution is 2.31. The zero-order valence-electron chi connectivity index (χ0n) is 12.9. The monoisotopic (exact) mass is 360 g/mol. The number of aromatic nitrogens is 2. The van der Waals surface area contributed by atoms with E-state index in [1.165, 1.54) is 0 Å². The lowest BCUT2D eigenvalue weighted by atomic mass is 10.2. The largest absolute Gasteiger partial charge is 0.433 e. The predicted molar refractivity (Wildman–Crippen MR) is 86.7 cm³/mol. The van der Waals surface area contributed by atoms with Gasteiger partial charge >= 0.3 is 6.18 Å². The van der Waals surface area contributed by atoms with Crippen LogP contribution in [0.4, 0.5) is 30.6 Å². The van der Waals surface area contributed by atoms with Gasteiger partial charge < -0.3 is 15.7 Å².